The van der Waals surface area contributed by atoms with Crippen molar-refractivity contribution in [2.45, 2.75) is 302 Å². The third kappa shape index (κ3) is 49.4. The van der Waals surface area contributed by atoms with E-state index >= 15 is 0 Å². The maximum absolute atomic E-state index is 12.4. The largest absolute Gasteiger partial charge is 0.466 e. The van der Waals surface area contributed by atoms with Gasteiger partial charge >= 0.3 is 5.97 Å². The number of allylic oxidation sites excluding steroid dienone is 5. The molecule has 3 N–H and O–H groups in total. The Morgan fingerprint density at radius 3 is 1.24 bits per heavy atom. The van der Waals surface area contributed by atoms with E-state index in [1.807, 2.05) is 6.08 Å². The number of amides is 1. The SMILES string of the molecule is CCCCC/C=C\C/C=C\CCCCCCCC(=O)OCCCCCCCCCCCCCCCCCCCCCCC(=O)NC(CO)C(O)/C=C/CCCCCCCCCCC. The van der Waals surface area contributed by atoms with Gasteiger partial charge in [-0.3, -0.25) is 9.59 Å². The molecule has 0 heterocycles. The van der Waals surface area contributed by atoms with E-state index in [2.05, 4.69) is 43.5 Å². The molecule has 2 atom stereocenters. The van der Waals surface area contributed by atoms with E-state index in [9.17, 15) is 19.8 Å². The Labute approximate surface area is 392 Å². The Hall–Kier alpha value is -1.92. The molecule has 0 aliphatic carbocycles. The van der Waals surface area contributed by atoms with Gasteiger partial charge < -0.3 is 20.3 Å². The van der Waals surface area contributed by atoms with Crippen LogP contribution < -0.4 is 5.32 Å². The molecular formula is C57H107NO5. The number of unbranched alkanes of at least 4 members (excludes halogenated alkanes) is 36. The molecule has 0 aromatic heterocycles. The Bertz CT molecular complexity index is 1020. The molecule has 0 aliphatic rings. The number of rotatable bonds is 51. The molecule has 370 valence electrons. The van der Waals surface area contributed by atoms with Crippen molar-refractivity contribution in [2.75, 3.05) is 13.2 Å². The Morgan fingerprint density at radius 2 is 0.794 bits per heavy atom. The highest BCUT2D eigenvalue weighted by Gasteiger charge is 2.18. The first kappa shape index (κ1) is 61.1. The molecule has 1 amide bonds. The lowest BCUT2D eigenvalue weighted by Gasteiger charge is -2.20. The number of ether oxygens (including phenoxy) is 1. The highest BCUT2D eigenvalue weighted by molar-refractivity contribution is 5.76. The topological polar surface area (TPSA) is 95.9 Å². The number of nitrogens with one attached hydrogen (secondary N) is 1. The maximum atomic E-state index is 12.4. The van der Waals surface area contributed by atoms with Gasteiger partial charge in [0.15, 0.2) is 0 Å². The fraction of sp³-hybridized carbons (Fsp3) is 0.860. The zero-order chi connectivity index (χ0) is 45.8. The predicted molar refractivity (Wildman–Crippen MR) is 273 cm³/mol. The molecule has 0 spiro atoms. The smallest absolute Gasteiger partial charge is 0.305 e. The van der Waals surface area contributed by atoms with Crippen molar-refractivity contribution in [1.82, 2.24) is 5.32 Å². The second-order valence-corrected chi connectivity index (χ2v) is 18.9. The molecule has 6 nitrogen and oxygen atoms in total. The molecular weight excluding hydrogens is 779 g/mol. The summed E-state index contributed by atoms with van der Waals surface area (Å²) in [5, 5.41) is 23.0. The first-order chi connectivity index (χ1) is 31.0. The number of hydrogen-bond donors (Lipinski definition) is 3. The Morgan fingerprint density at radius 1 is 0.444 bits per heavy atom. The van der Waals surface area contributed by atoms with E-state index in [-0.39, 0.29) is 18.5 Å². The summed E-state index contributed by atoms with van der Waals surface area (Å²) in [6.07, 6.45) is 64.5. The summed E-state index contributed by atoms with van der Waals surface area (Å²) in [6, 6.07) is -0.628. The molecule has 0 rings (SSSR count). The van der Waals surface area contributed by atoms with Crippen molar-refractivity contribution in [3.05, 3.63) is 36.5 Å². The number of aliphatic hydroxyl groups is 2. The maximum Gasteiger partial charge on any atom is 0.305 e. The van der Waals surface area contributed by atoms with Crippen LogP contribution in [0.1, 0.15) is 290 Å². The van der Waals surface area contributed by atoms with Gasteiger partial charge in [0.05, 0.1) is 25.4 Å². The molecule has 0 saturated heterocycles. The number of carbonyl (C=O) groups is 2. The summed E-state index contributed by atoms with van der Waals surface area (Å²) < 4.78 is 5.47. The molecule has 0 radical (unpaired) electrons. The average molecular weight is 886 g/mol. The van der Waals surface area contributed by atoms with E-state index in [1.54, 1.807) is 6.08 Å². The van der Waals surface area contributed by atoms with Gasteiger partial charge in [-0.1, -0.05) is 249 Å². The number of aliphatic hydroxyl groups excluding tert-OH is 2. The van der Waals surface area contributed by atoms with Gasteiger partial charge in [0, 0.05) is 12.8 Å². The molecule has 0 aromatic carbocycles. The van der Waals surface area contributed by atoms with Gasteiger partial charge in [-0.05, 0) is 64.2 Å². The van der Waals surface area contributed by atoms with E-state index in [1.165, 1.54) is 212 Å². The van der Waals surface area contributed by atoms with Crippen LogP contribution in [0.25, 0.3) is 0 Å². The number of carbonyl (C=O) groups excluding carboxylic acids is 2. The van der Waals surface area contributed by atoms with E-state index in [0.717, 1.165) is 51.4 Å². The zero-order valence-electron chi connectivity index (χ0n) is 42.1. The summed E-state index contributed by atoms with van der Waals surface area (Å²) in [6.45, 7) is 4.85. The van der Waals surface area contributed by atoms with Crippen LogP contribution in [0.15, 0.2) is 36.5 Å². The lowest BCUT2D eigenvalue weighted by molar-refractivity contribution is -0.143. The quantitative estimate of drug-likeness (QED) is 0.0321. The highest BCUT2D eigenvalue weighted by Crippen LogP contribution is 2.16. The molecule has 0 aromatic rings. The van der Waals surface area contributed by atoms with Crippen molar-refractivity contribution in [1.29, 1.82) is 0 Å². The van der Waals surface area contributed by atoms with Gasteiger partial charge in [0.1, 0.15) is 0 Å². The normalized spacial score (nSPS) is 12.9. The molecule has 2 unspecified atom stereocenters. The van der Waals surface area contributed by atoms with Crippen LogP contribution in [0, 0.1) is 0 Å². The monoisotopic (exact) mass is 886 g/mol. The molecule has 0 bridgehead atoms. The van der Waals surface area contributed by atoms with E-state index in [0.29, 0.717) is 19.4 Å². The van der Waals surface area contributed by atoms with Gasteiger partial charge in [-0.2, -0.15) is 0 Å². The van der Waals surface area contributed by atoms with Crippen LogP contribution in [0.5, 0.6) is 0 Å². The third-order valence-electron chi connectivity index (χ3n) is 12.7. The molecule has 0 saturated carbocycles. The second kappa shape index (κ2) is 52.7. The Balaban J connectivity index is 3.40. The second-order valence-electron chi connectivity index (χ2n) is 18.9. The fourth-order valence-electron chi connectivity index (χ4n) is 8.37. The standard InChI is InChI=1S/C57H107NO5/c1-3-5-7-9-11-13-15-16-23-27-31-35-39-43-47-51-57(62)63-52-48-44-40-36-32-28-25-22-20-18-17-19-21-24-26-30-34-38-42-46-50-56(61)58-54(53-59)55(60)49-45-41-37-33-29-14-12-10-8-6-4-2/h11,13,16,23,45,49,54-55,59-60H,3-10,12,14-15,17-22,24-44,46-48,50-53H2,1-2H3,(H,58,61)/b13-11-,23-16-,49-45+. The van der Waals surface area contributed by atoms with Crippen molar-refractivity contribution in [2.24, 2.45) is 0 Å². The Kier molecular flexibility index (Phi) is 51.1. The first-order valence-electron chi connectivity index (χ1n) is 27.8. The highest BCUT2D eigenvalue weighted by atomic mass is 16.5. The summed E-state index contributed by atoms with van der Waals surface area (Å²) >= 11 is 0. The summed E-state index contributed by atoms with van der Waals surface area (Å²) in [5.74, 6) is -0.0762. The van der Waals surface area contributed by atoms with E-state index < -0.39 is 12.1 Å². The van der Waals surface area contributed by atoms with Crippen molar-refractivity contribution in [3.63, 3.8) is 0 Å². The van der Waals surface area contributed by atoms with Crippen LogP contribution in [0.2, 0.25) is 0 Å². The molecule has 0 aliphatic heterocycles. The lowest BCUT2D eigenvalue weighted by atomic mass is 10.0. The summed E-state index contributed by atoms with van der Waals surface area (Å²) in [5.41, 5.74) is 0. The van der Waals surface area contributed by atoms with Crippen LogP contribution >= 0.6 is 0 Å². The van der Waals surface area contributed by atoms with Gasteiger partial charge in [-0.25, -0.2) is 0 Å². The van der Waals surface area contributed by atoms with Crippen LogP contribution in [0.3, 0.4) is 0 Å². The molecule has 0 fully saturated rings. The van der Waals surface area contributed by atoms with Gasteiger partial charge in [0.2, 0.25) is 5.91 Å². The predicted octanol–water partition coefficient (Wildman–Crippen LogP) is 16.9. The fourth-order valence-corrected chi connectivity index (χ4v) is 8.37. The van der Waals surface area contributed by atoms with Crippen LogP contribution in [0.4, 0.5) is 0 Å². The number of esters is 1. The minimum atomic E-state index is -0.844. The minimum absolute atomic E-state index is 0.00459. The van der Waals surface area contributed by atoms with Crippen LogP contribution in [-0.2, 0) is 14.3 Å². The lowest BCUT2D eigenvalue weighted by Crippen LogP contribution is -2.45. The van der Waals surface area contributed by atoms with Crippen molar-refractivity contribution < 1.29 is 24.5 Å². The summed E-state index contributed by atoms with van der Waals surface area (Å²) in [7, 11) is 0. The molecule has 63 heavy (non-hydrogen) atoms. The average Bonchev–Trinajstić information content (AvgIpc) is 3.28. The van der Waals surface area contributed by atoms with Crippen LogP contribution in [-0.4, -0.2) is 47.4 Å². The molecule has 6 heteroatoms. The van der Waals surface area contributed by atoms with Gasteiger partial charge in [-0.15, -0.1) is 0 Å². The summed E-state index contributed by atoms with van der Waals surface area (Å²) in [4.78, 5) is 24.4. The van der Waals surface area contributed by atoms with Crippen molar-refractivity contribution in [3.8, 4) is 0 Å². The zero-order valence-corrected chi connectivity index (χ0v) is 42.1. The van der Waals surface area contributed by atoms with Crippen molar-refractivity contribution >= 4 is 11.9 Å². The first-order valence-corrected chi connectivity index (χ1v) is 27.8. The van der Waals surface area contributed by atoms with Gasteiger partial charge in [0.25, 0.3) is 0 Å². The third-order valence-corrected chi connectivity index (χ3v) is 12.7. The van der Waals surface area contributed by atoms with E-state index in [4.69, 9.17) is 4.74 Å². The number of hydrogen-bond acceptors (Lipinski definition) is 5. The minimum Gasteiger partial charge on any atom is -0.466 e.